The van der Waals surface area contributed by atoms with Gasteiger partial charge in [-0.05, 0) is 29.5 Å². The molecule has 2 heterocycles. The van der Waals surface area contributed by atoms with Crippen LogP contribution in [0, 0.1) is 5.92 Å². The van der Waals surface area contributed by atoms with Gasteiger partial charge in [-0.1, -0.05) is 35.0 Å². The topological polar surface area (TPSA) is 54.6 Å². The first-order valence-electron chi connectivity index (χ1n) is 9.75. The Hall–Kier alpha value is -1.38. The number of halogens is 2. The second kappa shape index (κ2) is 10.1. The van der Waals surface area contributed by atoms with Gasteiger partial charge in [-0.15, -0.1) is 0 Å². The molecule has 0 aliphatic carbocycles. The molecule has 7 heteroatoms. The lowest BCUT2D eigenvalue weighted by molar-refractivity contribution is -0.896. The summed E-state index contributed by atoms with van der Waals surface area (Å²) in [5, 5.41) is 14.1. The van der Waals surface area contributed by atoms with E-state index in [2.05, 4.69) is 25.3 Å². The van der Waals surface area contributed by atoms with Crippen LogP contribution in [0.3, 0.4) is 0 Å². The van der Waals surface area contributed by atoms with Crippen molar-refractivity contribution in [1.29, 1.82) is 0 Å². The summed E-state index contributed by atoms with van der Waals surface area (Å²) in [4.78, 5) is 11.7. The monoisotopic (exact) mass is 529 g/mol. The third kappa shape index (κ3) is 5.83. The summed E-state index contributed by atoms with van der Waals surface area (Å²) in [6.45, 7) is 2.24. The number of likely N-dealkylation sites (tertiary alicyclic amines) is 1. The predicted octanol–water partition coefficient (Wildman–Crippen LogP) is 0.881. The fraction of sp³-hybridized carbons (Fsp3) is 0.455. The Morgan fingerprint density at radius 1 is 1.24 bits per heavy atom. The lowest BCUT2D eigenvalue weighted by Crippen LogP contribution is -3.00. The summed E-state index contributed by atoms with van der Waals surface area (Å²) in [5.74, 6) is 0.632. The minimum Gasteiger partial charge on any atom is -1.00 e. The Balaban J connectivity index is 0.00000300. The average Bonchev–Trinajstić information content (AvgIpc) is 2.66. The smallest absolute Gasteiger partial charge is 0.250 e. The van der Waals surface area contributed by atoms with Gasteiger partial charge in [-0.3, -0.25) is 4.79 Å². The summed E-state index contributed by atoms with van der Waals surface area (Å²) < 4.78 is 2.54. The Morgan fingerprint density at radius 3 is 2.48 bits per heavy atom. The number of aromatic nitrogens is 1. The van der Waals surface area contributed by atoms with Crippen LogP contribution in [0.1, 0.15) is 36.3 Å². The third-order valence-corrected chi connectivity index (χ3v) is 6.38. The van der Waals surface area contributed by atoms with E-state index in [1.54, 1.807) is 19.3 Å². The van der Waals surface area contributed by atoms with E-state index in [0.29, 0.717) is 18.1 Å². The molecule has 0 bridgehead atoms. The summed E-state index contributed by atoms with van der Waals surface area (Å²) >= 11 is 6.56. The number of hydrogen-bond acceptors (Lipinski definition) is 3. The molecule has 1 aliphatic rings. The number of nitrogens with zero attached hydrogens (tertiary/aromatic N) is 3. The highest BCUT2D eigenvalue weighted by molar-refractivity contribution is 6.31. The molecule has 1 N–H and O–H groups in total. The molecule has 0 radical (unpaired) electrons. The summed E-state index contributed by atoms with van der Waals surface area (Å²) in [6, 6.07) is 11.2. The van der Waals surface area contributed by atoms with Crippen molar-refractivity contribution in [3.05, 3.63) is 69.1 Å². The fourth-order valence-corrected chi connectivity index (χ4v) is 4.46. The van der Waals surface area contributed by atoms with Crippen LogP contribution >= 0.6 is 11.6 Å². The summed E-state index contributed by atoms with van der Waals surface area (Å²) in [7, 11) is 6.24. The second-order valence-electron chi connectivity index (χ2n) is 8.47. The highest BCUT2D eigenvalue weighted by Crippen LogP contribution is 2.39. The van der Waals surface area contributed by atoms with Crippen molar-refractivity contribution in [2.45, 2.75) is 25.2 Å². The van der Waals surface area contributed by atoms with Crippen LogP contribution in [0.15, 0.2) is 52.5 Å². The van der Waals surface area contributed by atoms with Crippen molar-refractivity contribution in [2.24, 2.45) is 18.1 Å². The predicted molar refractivity (Wildman–Crippen MR) is 113 cm³/mol. The molecule has 29 heavy (non-hydrogen) atoms. The molecular formula is C22H29ClIN3O2. The van der Waals surface area contributed by atoms with Crippen LogP contribution < -0.4 is 29.5 Å². The first-order valence-corrected chi connectivity index (χ1v) is 10.1. The number of aryl methyl sites for hydroxylation is 1. The zero-order chi connectivity index (χ0) is 20.3. The van der Waals surface area contributed by atoms with E-state index in [0.717, 1.165) is 46.6 Å². The van der Waals surface area contributed by atoms with E-state index in [1.165, 1.54) is 10.6 Å². The number of piperidine rings is 1. The lowest BCUT2D eigenvalue weighted by atomic mass is 9.76. The largest absolute Gasteiger partial charge is 1.00 e. The van der Waals surface area contributed by atoms with Gasteiger partial charge in [-0.25, -0.2) is 0 Å². The van der Waals surface area contributed by atoms with Crippen LogP contribution in [-0.2, 0) is 7.05 Å². The maximum absolute atomic E-state index is 11.7. The van der Waals surface area contributed by atoms with E-state index in [4.69, 9.17) is 11.6 Å². The minimum atomic E-state index is -0.0871. The molecule has 0 amide bonds. The number of oxime groups is 1. The van der Waals surface area contributed by atoms with Crippen molar-refractivity contribution in [3.63, 3.8) is 0 Å². The van der Waals surface area contributed by atoms with Gasteiger partial charge in [0, 0.05) is 49.2 Å². The molecule has 1 saturated heterocycles. The van der Waals surface area contributed by atoms with E-state index in [1.807, 2.05) is 18.2 Å². The van der Waals surface area contributed by atoms with Crippen LogP contribution in [-0.4, -0.2) is 47.2 Å². The van der Waals surface area contributed by atoms with Gasteiger partial charge < -0.3 is 38.2 Å². The Kier molecular flexibility index (Phi) is 8.31. The molecule has 0 saturated carbocycles. The second-order valence-corrected chi connectivity index (χ2v) is 8.87. The van der Waals surface area contributed by atoms with E-state index < -0.39 is 0 Å². The Morgan fingerprint density at radius 2 is 1.90 bits per heavy atom. The number of quaternary nitrogens is 1. The molecule has 158 valence electrons. The number of benzene rings is 1. The quantitative estimate of drug-likeness (QED) is 0.206. The van der Waals surface area contributed by atoms with E-state index in [9.17, 15) is 10.0 Å². The molecule has 1 aromatic heterocycles. The van der Waals surface area contributed by atoms with Crippen molar-refractivity contribution >= 4 is 17.3 Å². The summed E-state index contributed by atoms with van der Waals surface area (Å²) in [6.07, 6.45) is 4.52. The van der Waals surface area contributed by atoms with Crippen molar-refractivity contribution in [1.82, 2.24) is 4.57 Å². The van der Waals surface area contributed by atoms with Gasteiger partial charge in [0.15, 0.2) is 0 Å². The van der Waals surface area contributed by atoms with Gasteiger partial charge in [0.1, 0.15) is 0 Å². The number of pyridine rings is 1. The number of hydrogen-bond donors (Lipinski definition) is 1. The maximum Gasteiger partial charge on any atom is 0.250 e. The molecule has 1 fully saturated rings. The van der Waals surface area contributed by atoms with Gasteiger partial charge in [-0.2, -0.15) is 0 Å². The van der Waals surface area contributed by atoms with E-state index in [-0.39, 0.29) is 35.5 Å². The standard InChI is InChI=1S/C22H28ClN3O2.HI/c1-25-15-17(8-9-22(25)27)21(24-28)14-19(18-6-4-5-7-20(18)23)16-10-12-26(2,3)13-11-16;/h4-9,15-16,19H,10-14H2,1-3H3;1H/b24-21+;. The minimum absolute atomic E-state index is 0. The molecule has 2 aromatic rings. The first kappa shape index (κ1) is 23.9. The molecule has 1 aromatic carbocycles. The normalized spacial score (nSPS) is 18.1. The average molecular weight is 530 g/mol. The van der Waals surface area contributed by atoms with Crippen LogP contribution in [0.25, 0.3) is 0 Å². The van der Waals surface area contributed by atoms with Crippen LogP contribution in [0.4, 0.5) is 0 Å². The Bertz CT molecular complexity index is 916. The van der Waals surface area contributed by atoms with Crippen LogP contribution in [0.5, 0.6) is 0 Å². The SMILES string of the molecule is Cn1cc(/C(CC(c2ccccc2Cl)C2CC[N+](C)(C)CC2)=N/O)ccc1=O.[I-]. The molecule has 1 aliphatic heterocycles. The van der Waals surface area contributed by atoms with Gasteiger partial charge in [0.2, 0.25) is 5.56 Å². The van der Waals surface area contributed by atoms with Gasteiger partial charge in [0.05, 0.1) is 32.9 Å². The van der Waals surface area contributed by atoms with Crippen LogP contribution in [0.2, 0.25) is 5.02 Å². The summed E-state index contributed by atoms with van der Waals surface area (Å²) in [5.41, 5.74) is 2.36. The maximum atomic E-state index is 11.7. The highest BCUT2D eigenvalue weighted by atomic mass is 127. The fourth-order valence-electron chi connectivity index (χ4n) is 4.18. The third-order valence-electron chi connectivity index (χ3n) is 6.04. The zero-order valence-corrected chi connectivity index (χ0v) is 20.1. The molecular weight excluding hydrogens is 501 g/mol. The first-order chi connectivity index (χ1) is 13.3. The Labute approximate surface area is 194 Å². The van der Waals surface area contributed by atoms with Crippen molar-refractivity contribution < 1.29 is 33.7 Å². The molecule has 1 unspecified atom stereocenters. The number of rotatable bonds is 5. The van der Waals surface area contributed by atoms with Gasteiger partial charge in [0.25, 0.3) is 0 Å². The molecule has 5 nitrogen and oxygen atoms in total. The highest BCUT2D eigenvalue weighted by Gasteiger charge is 2.34. The molecule has 3 rings (SSSR count). The van der Waals surface area contributed by atoms with Crippen molar-refractivity contribution in [3.8, 4) is 0 Å². The molecule has 0 spiro atoms. The van der Waals surface area contributed by atoms with E-state index >= 15 is 0 Å². The zero-order valence-electron chi connectivity index (χ0n) is 17.2. The lowest BCUT2D eigenvalue weighted by Gasteiger charge is -2.40. The van der Waals surface area contributed by atoms with Gasteiger partial charge >= 0.3 is 0 Å². The molecule has 1 atom stereocenters. The van der Waals surface area contributed by atoms with Crippen molar-refractivity contribution in [2.75, 3.05) is 27.2 Å².